The van der Waals surface area contributed by atoms with E-state index in [1.54, 1.807) is 24.4 Å². The third-order valence-corrected chi connectivity index (χ3v) is 2.97. The van der Waals surface area contributed by atoms with Gasteiger partial charge in [-0.2, -0.15) is 0 Å². The van der Waals surface area contributed by atoms with Crippen molar-refractivity contribution in [3.8, 4) is 16.9 Å². The molecule has 0 aromatic heterocycles. The Morgan fingerprint density at radius 1 is 1.16 bits per heavy atom. The Morgan fingerprint density at radius 3 is 2.84 bits per heavy atom. The lowest BCUT2D eigenvalue weighted by Crippen LogP contribution is -2.30. The van der Waals surface area contributed by atoms with Gasteiger partial charge in [-0.3, -0.25) is 10.2 Å². The van der Waals surface area contributed by atoms with Gasteiger partial charge in [0.1, 0.15) is 0 Å². The molecule has 0 aliphatic carbocycles. The highest BCUT2D eigenvalue weighted by molar-refractivity contribution is 6.05. The van der Waals surface area contributed by atoms with Gasteiger partial charge in [0, 0.05) is 11.1 Å². The molecule has 5 heteroatoms. The van der Waals surface area contributed by atoms with Crippen molar-refractivity contribution in [2.24, 2.45) is 11.0 Å². The normalized spacial score (nSPS) is 11.8. The van der Waals surface area contributed by atoms with Gasteiger partial charge in [-0.1, -0.05) is 35.5 Å². The molecule has 1 aliphatic rings. The average Bonchev–Trinajstić information content (AvgIpc) is 2.65. The summed E-state index contributed by atoms with van der Waals surface area (Å²) in [5.41, 5.74) is 5.07. The third kappa shape index (κ3) is 1.86. The maximum absolute atomic E-state index is 11.9. The minimum Gasteiger partial charge on any atom is -0.356 e. The lowest BCUT2D eigenvalue weighted by Gasteiger charge is -2.11. The number of carbonyl (C=O) groups excluding carboxylic acids is 1. The van der Waals surface area contributed by atoms with Crippen LogP contribution in [0.15, 0.2) is 47.6 Å². The SMILES string of the molecule is NNC(=O)c1cccc2c1-c1ccccc1C=NO2. The van der Waals surface area contributed by atoms with Crippen LogP contribution in [0.2, 0.25) is 0 Å². The number of nitrogens with zero attached hydrogens (tertiary/aromatic N) is 1. The minimum atomic E-state index is -0.364. The molecule has 1 heterocycles. The van der Waals surface area contributed by atoms with Crippen LogP contribution in [-0.4, -0.2) is 12.1 Å². The van der Waals surface area contributed by atoms with Gasteiger partial charge >= 0.3 is 0 Å². The zero-order valence-corrected chi connectivity index (χ0v) is 9.96. The summed E-state index contributed by atoms with van der Waals surface area (Å²) in [6.45, 7) is 0. The van der Waals surface area contributed by atoms with Crippen molar-refractivity contribution in [3.05, 3.63) is 53.6 Å². The smallest absolute Gasteiger partial charge is 0.265 e. The van der Waals surface area contributed by atoms with E-state index in [0.29, 0.717) is 16.9 Å². The molecule has 94 valence electrons. The first kappa shape index (κ1) is 11.4. The summed E-state index contributed by atoms with van der Waals surface area (Å²) in [7, 11) is 0. The van der Waals surface area contributed by atoms with Crippen molar-refractivity contribution in [2.45, 2.75) is 0 Å². The second kappa shape index (κ2) is 4.55. The summed E-state index contributed by atoms with van der Waals surface area (Å²) in [5.74, 6) is 5.39. The molecule has 2 aromatic carbocycles. The Morgan fingerprint density at radius 2 is 2.00 bits per heavy atom. The number of nitrogens with one attached hydrogen (secondary N) is 1. The molecule has 0 radical (unpaired) electrons. The van der Waals surface area contributed by atoms with Crippen LogP contribution in [0.25, 0.3) is 11.1 Å². The second-order valence-electron chi connectivity index (χ2n) is 4.07. The summed E-state index contributed by atoms with van der Waals surface area (Å²) < 4.78 is 0. The summed E-state index contributed by atoms with van der Waals surface area (Å²) in [6, 6.07) is 12.8. The van der Waals surface area contributed by atoms with Gasteiger partial charge in [-0.25, -0.2) is 5.84 Å². The molecule has 0 atom stereocenters. The van der Waals surface area contributed by atoms with Crippen molar-refractivity contribution in [3.63, 3.8) is 0 Å². The number of fused-ring (bicyclic) bond motifs is 3. The van der Waals surface area contributed by atoms with Crippen molar-refractivity contribution < 1.29 is 9.63 Å². The van der Waals surface area contributed by atoms with E-state index in [9.17, 15) is 4.79 Å². The van der Waals surface area contributed by atoms with E-state index in [0.717, 1.165) is 11.1 Å². The summed E-state index contributed by atoms with van der Waals surface area (Å²) >= 11 is 0. The summed E-state index contributed by atoms with van der Waals surface area (Å²) in [4.78, 5) is 17.2. The van der Waals surface area contributed by atoms with E-state index in [2.05, 4.69) is 10.6 Å². The van der Waals surface area contributed by atoms with Crippen LogP contribution in [0, 0.1) is 0 Å². The highest BCUT2D eigenvalue weighted by Crippen LogP contribution is 2.36. The summed E-state index contributed by atoms with van der Waals surface area (Å²) in [5, 5.41) is 3.89. The molecule has 5 nitrogen and oxygen atoms in total. The topological polar surface area (TPSA) is 76.7 Å². The molecule has 19 heavy (non-hydrogen) atoms. The van der Waals surface area contributed by atoms with Crippen LogP contribution in [0.1, 0.15) is 15.9 Å². The number of oxime groups is 1. The lowest BCUT2D eigenvalue weighted by atomic mass is 9.94. The van der Waals surface area contributed by atoms with Crippen LogP contribution >= 0.6 is 0 Å². The number of benzene rings is 2. The predicted molar refractivity (Wildman–Crippen MR) is 71.8 cm³/mol. The Kier molecular flexibility index (Phi) is 2.74. The highest BCUT2D eigenvalue weighted by Gasteiger charge is 2.20. The monoisotopic (exact) mass is 253 g/mol. The first-order valence-electron chi connectivity index (χ1n) is 5.75. The minimum absolute atomic E-state index is 0.364. The number of hydrogen-bond acceptors (Lipinski definition) is 4. The number of nitrogen functional groups attached to an aromatic ring is 1. The number of amides is 1. The van der Waals surface area contributed by atoms with Gasteiger partial charge in [0.25, 0.3) is 5.91 Å². The first-order valence-corrected chi connectivity index (χ1v) is 5.75. The van der Waals surface area contributed by atoms with E-state index in [4.69, 9.17) is 10.7 Å². The molecule has 0 fully saturated rings. The van der Waals surface area contributed by atoms with E-state index < -0.39 is 0 Å². The fraction of sp³-hybridized carbons (Fsp3) is 0. The number of carbonyl (C=O) groups is 1. The fourth-order valence-electron chi connectivity index (χ4n) is 2.13. The fourth-order valence-corrected chi connectivity index (χ4v) is 2.13. The zero-order valence-electron chi connectivity index (χ0n) is 9.96. The Hall–Kier alpha value is -2.66. The standard InChI is InChI=1S/C14H11N3O2/c15-17-14(18)11-6-3-7-12-13(11)10-5-2-1-4-9(10)8-16-19-12/h1-8H,15H2,(H,17,18). The van der Waals surface area contributed by atoms with E-state index in [1.807, 2.05) is 24.3 Å². The molecular weight excluding hydrogens is 242 g/mol. The van der Waals surface area contributed by atoms with E-state index in [-0.39, 0.29) is 5.91 Å². The lowest BCUT2D eigenvalue weighted by molar-refractivity contribution is 0.0954. The molecule has 1 aliphatic heterocycles. The molecule has 0 unspecified atom stereocenters. The predicted octanol–water partition coefficient (Wildman–Crippen LogP) is 1.68. The molecule has 0 spiro atoms. The Bertz CT molecular complexity index is 680. The Labute approximate surface area is 109 Å². The van der Waals surface area contributed by atoms with Gasteiger partial charge < -0.3 is 4.84 Å². The van der Waals surface area contributed by atoms with Gasteiger partial charge in [-0.05, 0) is 17.7 Å². The average molecular weight is 253 g/mol. The van der Waals surface area contributed by atoms with Crippen molar-refractivity contribution in [1.82, 2.24) is 5.43 Å². The third-order valence-electron chi connectivity index (χ3n) is 2.97. The van der Waals surface area contributed by atoms with Crippen molar-refractivity contribution >= 4 is 12.1 Å². The van der Waals surface area contributed by atoms with Crippen molar-refractivity contribution in [1.29, 1.82) is 0 Å². The molecule has 0 bridgehead atoms. The van der Waals surface area contributed by atoms with Gasteiger partial charge in [0.05, 0.1) is 11.8 Å². The van der Waals surface area contributed by atoms with Gasteiger partial charge in [0.2, 0.25) is 0 Å². The largest absolute Gasteiger partial charge is 0.356 e. The molecule has 2 aromatic rings. The number of rotatable bonds is 1. The van der Waals surface area contributed by atoms with Gasteiger partial charge in [0.15, 0.2) is 5.75 Å². The first-order chi connectivity index (χ1) is 9.31. The summed E-state index contributed by atoms with van der Waals surface area (Å²) in [6.07, 6.45) is 1.62. The van der Waals surface area contributed by atoms with Crippen LogP contribution in [-0.2, 0) is 0 Å². The van der Waals surface area contributed by atoms with Crippen LogP contribution in [0.4, 0.5) is 0 Å². The quantitative estimate of drug-likeness (QED) is 0.461. The Balaban J connectivity index is 2.32. The molecule has 3 rings (SSSR count). The number of nitrogens with two attached hydrogens (primary N) is 1. The van der Waals surface area contributed by atoms with E-state index >= 15 is 0 Å². The molecule has 0 saturated carbocycles. The molecule has 1 amide bonds. The molecule has 3 N–H and O–H groups in total. The zero-order chi connectivity index (χ0) is 13.2. The van der Waals surface area contributed by atoms with Crippen molar-refractivity contribution in [2.75, 3.05) is 0 Å². The molecule has 0 saturated heterocycles. The maximum atomic E-state index is 11.9. The maximum Gasteiger partial charge on any atom is 0.265 e. The number of hydrogen-bond donors (Lipinski definition) is 2. The number of hydrazine groups is 1. The van der Waals surface area contributed by atoms with Crippen LogP contribution in [0.5, 0.6) is 5.75 Å². The van der Waals surface area contributed by atoms with Crippen LogP contribution in [0.3, 0.4) is 0 Å². The molecular formula is C14H11N3O2. The second-order valence-corrected chi connectivity index (χ2v) is 4.07. The van der Waals surface area contributed by atoms with E-state index in [1.165, 1.54) is 0 Å². The highest BCUT2D eigenvalue weighted by atomic mass is 16.6. The van der Waals surface area contributed by atoms with Gasteiger partial charge in [-0.15, -0.1) is 0 Å². The van der Waals surface area contributed by atoms with Crippen LogP contribution < -0.4 is 16.1 Å².